The first-order valence-corrected chi connectivity index (χ1v) is 13.5. The van der Waals surface area contributed by atoms with Crippen LogP contribution in [0.15, 0.2) is 48.7 Å². The Balaban J connectivity index is 0.00000308. The van der Waals surface area contributed by atoms with Crippen molar-refractivity contribution in [2.45, 2.75) is 31.3 Å². The number of halogens is 2. The Labute approximate surface area is 239 Å². The summed E-state index contributed by atoms with van der Waals surface area (Å²) >= 11 is 6.63. The van der Waals surface area contributed by atoms with Crippen molar-refractivity contribution in [1.82, 2.24) is 25.2 Å². The topological polar surface area (TPSA) is 90.2 Å². The van der Waals surface area contributed by atoms with Gasteiger partial charge in [0.1, 0.15) is 12.1 Å². The molecule has 202 valence electrons. The lowest BCUT2D eigenvalue weighted by molar-refractivity contribution is 0.188. The molecule has 39 heavy (non-hydrogen) atoms. The molecule has 0 amide bonds. The molecule has 2 aromatic heterocycles. The Bertz CT molecular complexity index is 1520. The second kappa shape index (κ2) is 11.9. The van der Waals surface area contributed by atoms with Crippen LogP contribution in [0.1, 0.15) is 19.3 Å². The van der Waals surface area contributed by atoms with E-state index in [-0.39, 0.29) is 18.4 Å². The monoisotopic (exact) mass is 563 g/mol. The molecule has 4 aromatic rings. The first-order valence-electron chi connectivity index (χ1n) is 13.1. The van der Waals surface area contributed by atoms with E-state index < -0.39 is 0 Å². The van der Waals surface area contributed by atoms with Gasteiger partial charge in [0.2, 0.25) is 0 Å². The van der Waals surface area contributed by atoms with Crippen LogP contribution in [0.2, 0.25) is 5.02 Å². The van der Waals surface area contributed by atoms with Crippen LogP contribution >= 0.6 is 24.0 Å². The lowest BCUT2D eigenvalue weighted by atomic mass is 9.99. The van der Waals surface area contributed by atoms with Crippen LogP contribution in [0.4, 0.5) is 5.82 Å². The summed E-state index contributed by atoms with van der Waals surface area (Å²) in [5.41, 5.74) is 3.39. The number of anilines is 1. The number of piperazine rings is 1. The number of benzene rings is 2. The zero-order valence-electron chi connectivity index (χ0n) is 21.8. The predicted octanol–water partition coefficient (Wildman–Crippen LogP) is 5.09. The molecule has 4 heterocycles. The molecular formula is C29H31Cl2N7O. The van der Waals surface area contributed by atoms with E-state index in [2.05, 4.69) is 52.5 Å². The summed E-state index contributed by atoms with van der Waals surface area (Å²) in [4.78, 5) is 19.1. The SMILES string of the molecule is CN1CCCC1COc1nc(N2CCNC(CC#N)C2)c2ncc(-c3cccc4cccc(Cl)c34)cc2n1.Cl. The van der Waals surface area contributed by atoms with E-state index in [1.807, 2.05) is 24.4 Å². The maximum absolute atomic E-state index is 9.24. The average Bonchev–Trinajstić information content (AvgIpc) is 3.35. The highest BCUT2D eigenvalue weighted by Gasteiger charge is 2.25. The fourth-order valence-corrected chi connectivity index (χ4v) is 5.86. The number of likely N-dealkylation sites (tertiary alicyclic amines) is 1. The molecule has 2 fully saturated rings. The third kappa shape index (κ3) is 5.59. The first kappa shape index (κ1) is 27.4. The van der Waals surface area contributed by atoms with Crippen LogP contribution in [0.3, 0.4) is 0 Å². The number of nitrogens with one attached hydrogen (secondary N) is 1. The molecule has 2 aliphatic heterocycles. The van der Waals surface area contributed by atoms with Crippen LogP contribution in [-0.2, 0) is 0 Å². The van der Waals surface area contributed by atoms with Crippen molar-refractivity contribution in [3.05, 3.63) is 53.7 Å². The predicted molar refractivity (Wildman–Crippen MR) is 158 cm³/mol. The van der Waals surface area contributed by atoms with Crippen LogP contribution in [-0.4, -0.2) is 71.8 Å². The minimum Gasteiger partial charge on any atom is -0.462 e. The molecule has 2 aromatic carbocycles. The molecule has 0 saturated carbocycles. The molecule has 2 atom stereocenters. The fraction of sp³-hybridized carbons (Fsp3) is 0.379. The van der Waals surface area contributed by atoms with Crippen molar-refractivity contribution in [3.63, 3.8) is 0 Å². The molecule has 2 saturated heterocycles. The van der Waals surface area contributed by atoms with Gasteiger partial charge in [0.15, 0.2) is 5.82 Å². The van der Waals surface area contributed by atoms with Crippen molar-refractivity contribution in [2.24, 2.45) is 0 Å². The molecular weight excluding hydrogens is 533 g/mol. The Morgan fingerprint density at radius 3 is 2.82 bits per heavy atom. The van der Waals surface area contributed by atoms with Crippen LogP contribution < -0.4 is 15.0 Å². The van der Waals surface area contributed by atoms with E-state index in [1.54, 1.807) is 0 Å². The zero-order chi connectivity index (χ0) is 26.1. The average molecular weight is 565 g/mol. The van der Waals surface area contributed by atoms with Gasteiger partial charge in [0.25, 0.3) is 0 Å². The Morgan fingerprint density at radius 1 is 1.18 bits per heavy atom. The maximum Gasteiger partial charge on any atom is 0.319 e. The van der Waals surface area contributed by atoms with Crippen molar-refractivity contribution in [3.8, 4) is 23.2 Å². The summed E-state index contributed by atoms with van der Waals surface area (Å²) < 4.78 is 6.20. The number of ether oxygens (including phenoxy) is 1. The second-order valence-corrected chi connectivity index (χ2v) is 10.5. The molecule has 2 unspecified atom stereocenters. The van der Waals surface area contributed by atoms with E-state index in [0.29, 0.717) is 36.6 Å². The third-order valence-corrected chi connectivity index (χ3v) is 7.95. The number of fused-ring (bicyclic) bond motifs is 2. The third-order valence-electron chi connectivity index (χ3n) is 7.63. The zero-order valence-corrected chi connectivity index (χ0v) is 23.4. The highest BCUT2D eigenvalue weighted by molar-refractivity contribution is 6.36. The standard InChI is InChI=1S/C29H30ClN7O.ClH/c1-36-13-4-7-22(36)18-38-29-34-25-15-20(23-8-2-5-19-6-3-9-24(30)26(19)23)16-33-27(25)28(35-29)37-14-12-32-21(17-37)10-11-31;/h2-3,5-6,8-9,15-16,21-22,32H,4,7,10,12-14,17-18H2,1H3;1H. The highest BCUT2D eigenvalue weighted by Crippen LogP contribution is 2.35. The quantitative estimate of drug-likeness (QED) is 0.347. The molecule has 10 heteroatoms. The number of aromatic nitrogens is 3. The van der Waals surface area contributed by atoms with Crippen molar-refractivity contribution < 1.29 is 4.74 Å². The molecule has 1 N–H and O–H groups in total. The van der Waals surface area contributed by atoms with E-state index in [9.17, 15) is 5.26 Å². The summed E-state index contributed by atoms with van der Waals surface area (Å²) in [5.74, 6) is 0.747. The van der Waals surface area contributed by atoms with Crippen LogP contribution in [0.5, 0.6) is 6.01 Å². The van der Waals surface area contributed by atoms with Crippen molar-refractivity contribution >= 4 is 51.6 Å². The summed E-state index contributed by atoms with van der Waals surface area (Å²) in [6.07, 6.45) is 4.60. The molecule has 0 aliphatic carbocycles. The number of likely N-dealkylation sites (N-methyl/N-ethyl adjacent to an activating group) is 1. The number of hydrogen-bond acceptors (Lipinski definition) is 8. The number of hydrogen-bond donors (Lipinski definition) is 1. The minimum atomic E-state index is 0. The lowest BCUT2D eigenvalue weighted by Crippen LogP contribution is -2.51. The van der Waals surface area contributed by atoms with Gasteiger partial charge in [0.05, 0.1) is 18.0 Å². The summed E-state index contributed by atoms with van der Waals surface area (Å²) in [7, 11) is 2.13. The first-order chi connectivity index (χ1) is 18.6. The van der Waals surface area contributed by atoms with Gasteiger partial charge in [-0.25, -0.2) is 0 Å². The highest BCUT2D eigenvalue weighted by atomic mass is 35.5. The molecule has 2 aliphatic rings. The van der Waals surface area contributed by atoms with Gasteiger partial charge in [-0.2, -0.15) is 15.2 Å². The number of nitriles is 1. The summed E-state index contributed by atoms with van der Waals surface area (Å²) in [6, 6.07) is 17.2. The Kier molecular flexibility index (Phi) is 8.34. The lowest BCUT2D eigenvalue weighted by Gasteiger charge is -2.33. The number of rotatable bonds is 6. The van der Waals surface area contributed by atoms with Gasteiger partial charge in [-0.15, -0.1) is 12.4 Å². The van der Waals surface area contributed by atoms with Crippen molar-refractivity contribution in [1.29, 1.82) is 5.26 Å². The Morgan fingerprint density at radius 2 is 2.03 bits per heavy atom. The normalized spacial score (nSPS) is 19.7. The summed E-state index contributed by atoms with van der Waals surface area (Å²) in [6.45, 7) is 3.84. The fourth-order valence-electron chi connectivity index (χ4n) is 5.58. The summed E-state index contributed by atoms with van der Waals surface area (Å²) in [5, 5.41) is 15.4. The van der Waals surface area contributed by atoms with Gasteiger partial charge in [-0.05, 0) is 49.5 Å². The van der Waals surface area contributed by atoms with Gasteiger partial charge in [-0.3, -0.25) is 4.98 Å². The van der Waals surface area contributed by atoms with Gasteiger partial charge < -0.3 is 19.9 Å². The van der Waals surface area contributed by atoms with Gasteiger partial charge >= 0.3 is 6.01 Å². The molecule has 0 bridgehead atoms. The van der Waals surface area contributed by atoms with E-state index in [1.165, 1.54) is 6.42 Å². The maximum atomic E-state index is 9.24. The van der Waals surface area contributed by atoms with E-state index >= 15 is 0 Å². The minimum absolute atomic E-state index is 0. The van der Waals surface area contributed by atoms with Crippen LogP contribution in [0, 0.1) is 11.3 Å². The van der Waals surface area contributed by atoms with Gasteiger partial charge in [0, 0.05) is 53.9 Å². The number of nitrogens with zero attached hydrogens (tertiary/aromatic N) is 6. The molecule has 0 radical (unpaired) electrons. The Hall–Kier alpha value is -3.22. The number of pyridine rings is 1. The van der Waals surface area contributed by atoms with E-state index in [0.717, 1.165) is 64.8 Å². The molecule has 6 rings (SSSR count). The van der Waals surface area contributed by atoms with E-state index in [4.69, 9.17) is 31.3 Å². The molecule has 0 spiro atoms. The van der Waals surface area contributed by atoms with Gasteiger partial charge in [-0.1, -0.05) is 41.9 Å². The van der Waals surface area contributed by atoms with Crippen LogP contribution in [0.25, 0.3) is 32.9 Å². The smallest absolute Gasteiger partial charge is 0.319 e. The largest absolute Gasteiger partial charge is 0.462 e. The van der Waals surface area contributed by atoms with Crippen molar-refractivity contribution in [2.75, 3.05) is 44.7 Å². The second-order valence-electron chi connectivity index (χ2n) is 10.1. The molecule has 8 nitrogen and oxygen atoms in total.